The fourth-order valence-electron chi connectivity index (χ4n) is 3.87. The molecule has 0 radical (unpaired) electrons. The second-order valence-corrected chi connectivity index (χ2v) is 7.23. The van der Waals surface area contributed by atoms with Crippen LogP contribution in [0.25, 0.3) is 16.6 Å². The van der Waals surface area contributed by atoms with Crippen LogP contribution in [0.5, 0.6) is 0 Å². The van der Waals surface area contributed by atoms with Crippen LogP contribution in [0.3, 0.4) is 0 Å². The molecule has 0 saturated heterocycles. The highest BCUT2D eigenvalue weighted by molar-refractivity contribution is 5.92. The van der Waals surface area contributed by atoms with E-state index in [1.807, 2.05) is 13.0 Å². The lowest BCUT2D eigenvalue weighted by atomic mass is 10.1. The van der Waals surface area contributed by atoms with Crippen molar-refractivity contribution in [3.8, 4) is 0 Å². The molecule has 0 spiro atoms. The summed E-state index contributed by atoms with van der Waals surface area (Å²) in [6.07, 6.45) is 0.630. The standard InChI is InChI=1S/C21H20F2N6/c1-2-24-21-25-18-10-14(22)6-7-15(18)20-26-19(27-29(20)21)8-9-28-11-13-4-3-5-17(23)16(13)12-28/h3-7,10H,2,8-9,11-12H2,1H3,(H,24,25). The molecule has 148 valence electrons. The Morgan fingerprint density at radius 1 is 1.10 bits per heavy atom. The van der Waals surface area contributed by atoms with Crippen molar-refractivity contribution in [1.82, 2.24) is 24.5 Å². The molecule has 0 fully saturated rings. The molecule has 0 atom stereocenters. The third-order valence-electron chi connectivity index (χ3n) is 5.26. The lowest BCUT2D eigenvalue weighted by Gasteiger charge is -2.12. The van der Waals surface area contributed by atoms with Gasteiger partial charge >= 0.3 is 0 Å². The first-order valence-corrected chi connectivity index (χ1v) is 9.70. The highest BCUT2D eigenvalue weighted by atomic mass is 19.1. The fraction of sp³-hybridized carbons (Fsp3) is 0.286. The molecular weight excluding hydrogens is 374 g/mol. The summed E-state index contributed by atoms with van der Waals surface area (Å²) in [5, 5.41) is 8.54. The number of anilines is 1. The van der Waals surface area contributed by atoms with Crippen molar-refractivity contribution in [3.63, 3.8) is 0 Å². The summed E-state index contributed by atoms with van der Waals surface area (Å²) in [4.78, 5) is 11.4. The van der Waals surface area contributed by atoms with Gasteiger partial charge < -0.3 is 5.32 Å². The number of nitrogens with zero attached hydrogens (tertiary/aromatic N) is 5. The Morgan fingerprint density at radius 3 is 2.83 bits per heavy atom. The van der Waals surface area contributed by atoms with Crippen LogP contribution in [0.2, 0.25) is 0 Å². The zero-order chi connectivity index (χ0) is 20.0. The summed E-state index contributed by atoms with van der Waals surface area (Å²) in [6.45, 7) is 4.68. The molecule has 0 amide bonds. The third-order valence-corrected chi connectivity index (χ3v) is 5.26. The molecular formula is C21H20F2N6. The summed E-state index contributed by atoms with van der Waals surface area (Å²) >= 11 is 0. The molecule has 0 aliphatic carbocycles. The van der Waals surface area contributed by atoms with Gasteiger partial charge in [0.2, 0.25) is 5.95 Å². The summed E-state index contributed by atoms with van der Waals surface area (Å²) in [6, 6.07) is 9.73. The fourth-order valence-corrected chi connectivity index (χ4v) is 3.87. The molecule has 0 bridgehead atoms. The average Bonchev–Trinajstić information content (AvgIpc) is 3.31. The molecule has 2 aromatic heterocycles. The van der Waals surface area contributed by atoms with Crippen molar-refractivity contribution < 1.29 is 8.78 Å². The maximum absolute atomic E-state index is 14.0. The Labute approximate surface area is 166 Å². The van der Waals surface area contributed by atoms with Crippen LogP contribution in [0.15, 0.2) is 36.4 Å². The van der Waals surface area contributed by atoms with E-state index in [2.05, 4.69) is 25.3 Å². The second-order valence-electron chi connectivity index (χ2n) is 7.23. The Balaban J connectivity index is 1.43. The molecule has 29 heavy (non-hydrogen) atoms. The predicted octanol–water partition coefficient (Wildman–Crippen LogP) is 3.55. The largest absolute Gasteiger partial charge is 0.354 e. The summed E-state index contributed by atoms with van der Waals surface area (Å²) in [5.41, 5.74) is 3.01. The predicted molar refractivity (Wildman–Crippen MR) is 107 cm³/mol. The van der Waals surface area contributed by atoms with Gasteiger partial charge in [0, 0.05) is 49.6 Å². The van der Waals surface area contributed by atoms with Crippen molar-refractivity contribution >= 4 is 22.5 Å². The first-order valence-electron chi connectivity index (χ1n) is 9.70. The van der Waals surface area contributed by atoms with Crippen LogP contribution in [-0.2, 0) is 19.5 Å². The second kappa shape index (κ2) is 7.04. The number of hydrogen-bond donors (Lipinski definition) is 1. The monoisotopic (exact) mass is 394 g/mol. The molecule has 1 aliphatic rings. The van der Waals surface area contributed by atoms with Crippen LogP contribution < -0.4 is 5.32 Å². The van der Waals surface area contributed by atoms with E-state index in [9.17, 15) is 8.78 Å². The van der Waals surface area contributed by atoms with Crippen molar-refractivity contribution in [2.75, 3.05) is 18.4 Å². The molecule has 1 aliphatic heterocycles. The summed E-state index contributed by atoms with van der Waals surface area (Å²) in [5.74, 6) is 0.738. The number of aromatic nitrogens is 4. The van der Waals surface area contributed by atoms with Gasteiger partial charge in [-0.05, 0) is 30.7 Å². The highest BCUT2D eigenvalue weighted by Gasteiger charge is 2.22. The van der Waals surface area contributed by atoms with E-state index in [0.29, 0.717) is 42.4 Å². The third kappa shape index (κ3) is 3.19. The topological polar surface area (TPSA) is 58.4 Å². The van der Waals surface area contributed by atoms with E-state index in [1.165, 1.54) is 18.2 Å². The van der Waals surface area contributed by atoms with Gasteiger partial charge in [-0.25, -0.2) is 18.7 Å². The van der Waals surface area contributed by atoms with Gasteiger partial charge in [0.25, 0.3) is 0 Å². The minimum absolute atomic E-state index is 0.143. The normalized spacial score (nSPS) is 14.0. The van der Waals surface area contributed by atoms with Gasteiger partial charge in [-0.2, -0.15) is 4.52 Å². The van der Waals surface area contributed by atoms with Crippen molar-refractivity contribution in [1.29, 1.82) is 0 Å². The van der Waals surface area contributed by atoms with Crippen LogP contribution in [-0.4, -0.2) is 37.6 Å². The van der Waals surface area contributed by atoms with Crippen LogP contribution in [0, 0.1) is 11.6 Å². The zero-order valence-electron chi connectivity index (χ0n) is 16.0. The van der Waals surface area contributed by atoms with Crippen LogP contribution >= 0.6 is 0 Å². The number of fused-ring (bicyclic) bond motifs is 4. The van der Waals surface area contributed by atoms with Gasteiger partial charge in [-0.1, -0.05) is 12.1 Å². The van der Waals surface area contributed by atoms with Crippen molar-refractivity contribution in [2.24, 2.45) is 0 Å². The number of nitrogens with one attached hydrogen (secondary N) is 1. The van der Waals surface area contributed by atoms with Gasteiger partial charge in [0.15, 0.2) is 11.5 Å². The molecule has 2 aromatic carbocycles. The molecule has 8 heteroatoms. The van der Waals surface area contributed by atoms with E-state index >= 15 is 0 Å². The van der Waals surface area contributed by atoms with E-state index in [1.54, 1.807) is 16.6 Å². The molecule has 3 heterocycles. The highest BCUT2D eigenvalue weighted by Crippen LogP contribution is 2.25. The number of hydrogen-bond acceptors (Lipinski definition) is 5. The molecule has 4 aromatic rings. The number of halogens is 2. The van der Waals surface area contributed by atoms with E-state index in [-0.39, 0.29) is 11.6 Å². The Hall–Kier alpha value is -3.13. The maximum atomic E-state index is 14.0. The maximum Gasteiger partial charge on any atom is 0.226 e. The number of benzene rings is 2. The van der Waals surface area contributed by atoms with Gasteiger partial charge in [-0.3, -0.25) is 4.90 Å². The van der Waals surface area contributed by atoms with E-state index < -0.39 is 0 Å². The first kappa shape index (κ1) is 17.9. The Morgan fingerprint density at radius 2 is 2.00 bits per heavy atom. The minimum atomic E-state index is -0.336. The molecule has 0 unspecified atom stereocenters. The first-order chi connectivity index (χ1) is 14.1. The average molecular weight is 394 g/mol. The van der Waals surface area contributed by atoms with Crippen LogP contribution in [0.4, 0.5) is 14.7 Å². The smallest absolute Gasteiger partial charge is 0.226 e. The zero-order valence-corrected chi connectivity index (χ0v) is 16.0. The van der Waals surface area contributed by atoms with E-state index in [0.717, 1.165) is 29.6 Å². The molecule has 6 nitrogen and oxygen atoms in total. The van der Waals surface area contributed by atoms with Crippen LogP contribution in [0.1, 0.15) is 23.9 Å². The minimum Gasteiger partial charge on any atom is -0.354 e. The van der Waals surface area contributed by atoms with E-state index in [4.69, 9.17) is 0 Å². The van der Waals surface area contributed by atoms with Gasteiger partial charge in [0.05, 0.1) is 5.52 Å². The van der Waals surface area contributed by atoms with Gasteiger partial charge in [-0.15, -0.1) is 5.10 Å². The quantitative estimate of drug-likeness (QED) is 0.561. The lowest BCUT2D eigenvalue weighted by molar-refractivity contribution is 0.284. The van der Waals surface area contributed by atoms with Gasteiger partial charge in [0.1, 0.15) is 11.6 Å². The summed E-state index contributed by atoms with van der Waals surface area (Å²) in [7, 11) is 0. The summed E-state index contributed by atoms with van der Waals surface area (Å²) < 4.78 is 29.3. The molecule has 0 saturated carbocycles. The SMILES string of the molecule is CCNc1nc2cc(F)ccc2c2nc(CCN3Cc4cccc(F)c4C3)nn12. The lowest BCUT2D eigenvalue weighted by Crippen LogP contribution is -2.20. The molecule has 1 N–H and O–H groups in total. The molecule has 5 rings (SSSR count). The number of rotatable bonds is 5. The Kier molecular flexibility index (Phi) is 4.35. The van der Waals surface area contributed by atoms with Crippen molar-refractivity contribution in [2.45, 2.75) is 26.4 Å². The van der Waals surface area contributed by atoms with Crippen molar-refractivity contribution in [3.05, 3.63) is 65.0 Å². The Bertz CT molecular complexity index is 1220.